The van der Waals surface area contributed by atoms with Gasteiger partial charge in [-0.1, -0.05) is 0 Å². The molecule has 0 aliphatic rings. The van der Waals surface area contributed by atoms with Gasteiger partial charge in [-0.15, -0.1) is 0 Å². The van der Waals surface area contributed by atoms with E-state index in [1.807, 2.05) is 0 Å². The van der Waals surface area contributed by atoms with E-state index in [0.717, 1.165) is 0 Å². The monoisotopic (exact) mass is 204 g/mol. The fourth-order valence-electron chi connectivity index (χ4n) is 0. The summed E-state index contributed by atoms with van der Waals surface area (Å²) in [4.78, 5) is 0. The Balaban J connectivity index is 0. The second-order valence-corrected chi connectivity index (χ2v) is 0. The van der Waals surface area contributed by atoms with Crippen molar-refractivity contribution in [1.82, 2.24) is 0 Å². The number of rotatable bonds is 0. The fourth-order valence-corrected chi connectivity index (χ4v) is 0. The molecule has 0 atom stereocenters. The second-order valence-electron chi connectivity index (χ2n) is 0. The van der Waals surface area contributed by atoms with E-state index in [9.17, 15) is 0 Å². The minimum absolute atomic E-state index is 0. The molecule has 0 aliphatic carbocycles. The van der Waals surface area contributed by atoms with Crippen molar-refractivity contribution in [2.75, 3.05) is 0 Å². The highest BCUT2D eigenvalue weighted by molar-refractivity contribution is 7.60. The lowest BCUT2D eigenvalue weighted by Crippen LogP contribution is 0.647. The van der Waals surface area contributed by atoms with Crippen LogP contribution in [0.2, 0.25) is 0 Å². The molecule has 0 aliphatic heterocycles. The van der Waals surface area contributed by atoms with E-state index in [-0.39, 0.29) is 81.0 Å². The molecule has 0 radical (unpaired) electrons. The highest BCUT2D eigenvalue weighted by Crippen LogP contribution is 0.653. The van der Waals surface area contributed by atoms with Gasteiger partial charge in [0.25, 0.3) is 0 Å². The SMILES string of the molecule is S.S.S.S.S.S. The van der Waals surface area contributed by atoms with Crippen molar-refractivity contribution in [1.29, 1.82) is 0 Å². The molecule has 0 aromatic rings. The zero-order valence-electron chi connectivity index (χ0n) is 3.00. The Hall–Kier alpha value is 2.10. The Morgan fingerprint density at radius 3 is 0.167 bits per heavy atom. The Bertz CT molecular complexity index is 0. The molecule has 0 N–H and O–H groups in total. The van der Waals surface area contributed by atoms with Crippen molar-refractivity contribution in [3.63, 3.8) is 0 Å². The van der Waals surface area contributed by atoms with Gasteiger partial charge in [0.1, 0.15) is 0 Å². The van der Waals surface area contributed by atoms with E-state index in [4.69, 9.17) is 0 Å². The summed E-state index contributed by atoms with van der Waals surface area (Å²) in [6.07, 6.45) is 0. The average Bonchev–Trinajstić information content (AvgIpc) is 0. The van der Waals surface area contributed by atoms with Crippen molar-refractivity contribution >= 4 is 81.0 Å². The minimum Gasteiger partial charge on any atom is -0.197 e. The van der Waals surface area contributed by atoms with Gasteiger partial charge in [0.2, 0.25) is 0 Å². The summed E-state index contributed by atoms with van der Waals surface area (Å²) >= 11 is 0. The first-order chi connectivity index (χ1) is 0. The third-order valence-electron chi connectivity index (χ3n) is 0. The van der Waals surface area contributed by atoms with E-state index < -0.39 is 0 Å². The smallest absolute Gasteiger partial charge is 0.197 e. The molecule has 48 valence electrons. The molecule has 6 heavy (non-hydrogen) atoms. The maximum absolute atomic E-state index is 0. The molecule has 0 heterocycles. The molecule has 0 aromatic carbocycles. The van der Waals surface area contributed by atoms with Crippen LogP contribution in [0.4, 0.5) is 0 Å². The number of hydrogen-bond acceptors (Lipinski definition) is 0. The minimum atomic E-state index is 0. The van der Waals surface area contributed by atoms with Crippen molar-refractivity contribution in [2.24, 2.45) is 0 Å². The Labute approximate surface area is 80.5 Å². The Kier molecular flexibility index (Phi) is 924. The third-order valence-corrected chi connectivity index (χ3v) is 0. The van der Waals surface area contributed by atoms with Crippen LogP contribution in [0.5, 0.6) is 0 Å². The van der Waals surface area contributed by atoms with E-state index >= 15 is 0 Å². The van der Waals surface area contributed by atoms with Crippen molar-refractivity contribution in [3.8, 4) is 0 Å². The van der Waals surface area contributed by atoms with Gasteiger partial charge in [-0.25, -0.2) is 0 Å². The van der Waals surface area contributed by atoms with E-state index in [2.05, 4.69) is 0 Å². The van der Waals surface area contributed by atoms with E-state index in [1.165, 1.54) is 0 Å². The molecular weight excluding hydrogens is 192 g/mol. The maximum Gasteiger partial charge on any atom is -0.197 e. The van der Waals surface area contributed by atoms with Crippen LogP contribution >= 0.6 is 81.0 Å². The van der Waals surface area contributed by atoms with Gasteiger partial charge < -0.3 is 0 Å². The molecule has 0 rings (SSSR count). The predicted molar refractivity (Wildman–Crippen MR) is 62.3 cm³/mol. The van der Waals surface area contributed by atoms with Crippen LogP contribution in [-0.4, -0.2) is 0 Å². The van der Waals surface area contributed by atoms with Gasteiger partial charge >= 0.3 is 0 Å². The first-order valence-corrected chi connectivity index (χ1v) is 0. The topological polar surface area (TPSA) is 0 Å². The average molecular weight is 204 g/mol. The van der Waals surface area contributed by atoms with Crippen molar-refractivity contribution < 1.29 is 0 Å². The normalized spacial score (nSPS) is 0. The lowest BCUT2D eigenvalue weighted by atomic mass is 32.1. The van der Waals surface area contributed by atoms with Gasteiger partial charge in [0, 0.05) is 0 Å². The fraction of sp³-hybridized carbons (Fsp3) is 0. The van der Waals surface area contributed by atoms with Crippen LogP contribution in [0.25, 0.3) is 0 Å². The summed E-state index contributed by atoms with van der Waals surface area (Å²) in [6.45, 7) is 0. The van der Waals surface area contributed by atoms with Gasteiger partial charge in [-0.2, -0.15) is 81.0 Å². The summed E-state index contributed by atoms with van der Waals surface area (Å²) in [7, 11) is 0. The molecule has 0 aromatic heterocycles. The molecule has 0 fully saturated rings. The largest absolute Gasteiger partial charge is 0.197 e. The van der Waals surface area contributed by atoms with Crippen LogP contribution in [0.15, 0.2) is 0 Å². The highest BCUT2D eigenvalue weighted by Gasteiger charge is -0.192. The zero-order chi connectivity index (χ0) is 0. The summed E-state index contributed by atoms with van der Waals surface area (Å²) in [5, 5.41) is 0. The lowest BCUT2D eigenvalue weighted by molar-refractivity contribution is 7.59. The summed E-state index contributed by atoms with van der Waals surface area (Å²) in [5.41, 5.74) is 0. The van der Waals surface area contributed by atoms with Gasteiger partial charge in [-0.3, -0.25) is 0 Å². The van der Waals surface area contributed by atoms with Crippen LogP contribution < -0.4 is 0 Å². The van der Waals surface area contributed by atoms with Crippen LogP contribution in [0.3, 0.4) is 0 Å². The molecule has 0 spiro atoms. The molecule has 0 nitrogen and oxygen atoms in total. The summed E-state index contributed by atoms with van der Waals surface area (Å²) in [5.74, 6) is 0. The third kappa shape index (κ3) is 36.0. The summed E-state index contributed by atoms with van der Waals surface area (Å²) < 4.78 is 0. The first kappa shape index (κ1) is 92.6. The van der Waals surface area contributed by atoms with Gasteiger partial charge in [0.15, 0.2) is 0 Å². The standard InChI is InChI=1S/6H2S/h6*1H2. The molecule has 0 amide bonds. The van der Waals surface area contributed by atoms with Crippen molar-refractivity contribution in [3.05, 3.63) is 0 Å². The molecule has 0 unspecified atom stereocenters. The highest BCUT2D eigenvalue weighted by atomic mass is 32.1. The Morgan fingerprint density at radius 1 is 0.167 bits per heavy atom. The summed E-state index contributed by atoms with van der Waals surface area (Å²) in [6, 6.07) is 0. The number of hydrogen-bond donors (Lipinski definition) is 0. The molecule has 6 heteroatoms. The molecule has 0 bridgehead atoms. The maximum atomic E-state index is 0. The Morgan fingerprint density at radius 2 is 0.167 bits per heavy atom. The van der Waals surface area contributed by atoms with Crippen molar-refractivity contribution in [2.45, 2.75) is 0 Å². The molecule has 0 saturated carbocycles. The molecular formula is H12S6. The van der Waals surface area contributed by atoms with E-state index in [0.29, 0.717) is 0 Å². The second kappa shape index (κ2) is 59.9. The molecule has 0 saturated heterocycles. The lowest BCUT2D eigenvalue weighted by Gasteiger charge is -0.198. The predicted octanol–water partition coefficient (Wildman–Crippen LogP) is 0.677. The van der Waals surface area contributed by atoms with Crippen LogP contribution in [0, 0.1) is 0 Å². The quantitative estimate of drug-likeness (QED) is 0.544. The van der Waals surface area contributed by atoms with Crippen LogP contribution in [-0.2, 0) is 0 Å². The first-order valence-electron chi connectivity index (χ1n) is 0. The van der Waals surface area contributed by atoms with Gasteiger partial charge in [0.05, 0.1) is 0 Å². The van der Waals surface area contributed by atoms with E-state index in [1.54, 1.807) is 0 Å². The van der Waals surface area contributed by atoms with Crippen LogP contribution in [0.1, 0.15) is 0 Å². The zero-order valence-corrected chi connectivity index (χ0v) is 9.00. The van der Waals surface area contributed by atoms with Gasteiger partial charge in [-0.05, 0) is 0 Å².